The number of carbonyl (C=O) groups is 3. The van der Waals surface area contributed by atoms with E-state index in [0.717, 1.165) is 37.2 Å². The maximum Gasteiger partial charge on any atom is 0.274 e. The van der Waals surface area contributed by atoms with Crippen molar-refractivity contribution in [3.8, 4) is 0 Å². The van der Waals surface area contributed by atoms with Gasteiger partial charge in [0.05, 0.1) is 19.8 Å². The van der Waals surface area contributed by atoms with Gasteiger partial charge >= 0.3 is 0 Å². The molecule has 0 radical (unpaired) electrons. The average Bonchev–Trinajstić information content (AvgIpc) is 3.42. The predicted octanol–water partition coefficient (Wildman–Crippen LogP) is 1.58. The van der Waals surface area contributed by atoms with Crippen LogP contribution in [0.1, 0.15) is 51.9 Å². The first kappa shape index (κ1) is 21.0. The van der Waals surface area contributed by atoms with E-state index in [1.54, 1.807) is 24.3 Å². The zero-order valence-corrected chi connectivity index (χ0v) is 17.6. The maximum atomic E-state index is 12.9. The van der Waals surface area contributed by atoms with Crippen molar-refractivity contribution in [2.24, 2.45) is 0 Å². The summed E-state index contributed by atoms with van der Waals surface area (Å²) in [5.41, 5.74) is 3.40. The van der Waals surface area contributed by atoms with Crippen molar-refractivity contribution < 1.29 is 19.1 Å². The molecule has 31 heavy (non-hydrogen) atoms. The highest BCUT2D eigenvalue weighted by molar-refractivity contribution is 5.96. The summed E-state index contributed by atoms with van der Waals surface area (Å²) in [5, 5.41) is 10.2. The van der Waals surface area contributed by atoms with E-state index in [1.165, 1.54) is 6.92 Å². The third kappa shape index (κ3) is 4.77. The van der Waals surface area contributed by atoms with Gasteiger partial charge in [-0.05, 0) is 31.0 Å². The molecule has 2 aliphatic rings. The summed E-state index contributed by atoms with van der Waals surface area (Å²) in [4.78, 5) is 38.5. The quantitative estimate of drug-likeness (QED) is 0.731. The predicted molar refractivity (Wildman–Crippen MR) is 114 cm³/mol. The van der Waals surface area contributed by atoms with Gasteiger partial charge in [-0.15, -0.1) is 0 Å². The third-order valence-electron chi connectivity index (χ3n) is 5.55. The van der Waals surface area contributed by atoms with E-state index in [9.17, 15) is 14.4 Å². The molecule has 3 heterocycles. The molecule has 0 unspecified atom stereocenters. The fourth-order valence-electron chi connectivity index (χ4n) is 4.05. The minimum absolute atomic E-state index is 0.0307. The van der Waals surface area contributed by atoms with Crippen LogP contribution in [-0.4, -0.2) is 58.6 Å². The van der Waals surface area contributed by atoms with Crippen molar-refractivity contribution in [2.75, 3.05) is 31.6 Å². The van der Waals surface area contributed by atoms with Crippen LogP contribution in [0.4, 0.5) is 5.69 Å². The lowest BCUT2D eigenvalue weighted by Crippen LogP contribution is -2.29. The van der Waals surface area contributed by atoms with Crippen molar-refractivity contribution in [2.45, 2.75) is 39.3 Å². The Labute approximate surface area is 180 Å². The Balaban J connectivity index is 1.42. The van der Waals surface area contributed by atoms with Crippen molar-refractivity contribution in [1.82, 2.24) is 20.0 Å². The Bertz CT molecular complexity index is 994. The smallest absolute Gasteiger partial charge is 0.274 e. The molecule has 9 nitrogen and oxygen atoms in total. The minimum Gasteiger partial charge on any atom is -0.376 e. The van der Waals surface area contributed by atoms with Crippen LogP contribution < -0.4 is 10.6 Å². The number of hydrogen-bond donors (Lipinski definition) is 2. The van der Waals surface area contributed by atoms with Crippen molar-refractivity contribution in [3.63, 3.8) is 0 Å². The van der Waals surface area contributed by atoms with Gasteiger partial charge in [0.25, 0.3) is 11.8 Å². The topological polar surface area (TPSA) is 106 Å². The SMILES string of the molecule is CC(=O)Nc1cccc(C(=O)NCCn2nc(C(=O)N3CCCC3)c3c2CCOC3)c1. The number of carbonyl (C=O) groups excluding carboxylic acids is 3. The Morgan fingerprint density at radius 1 is 1.19 bits per heavy atom. The second-order valence-electron chi connectivity index (χ2n) is 7.82. The maximum absolute atomic E-state index is 12.9. The van der Waals surface area contributed by atoms with Crippen LogP contribution in [0.15, 0.2) is 24.3 Å². The van der Waals surface area contributed by atoms with Crippen LogP contribution >= 0.6 is 0 Å². The molecular formula is C22H27N5O4. The largest absolute Gasteiger partial charge is 0.376 e. The number of nitrogens with one attached hydrogen (secondary N) is 2. The molecule has 2 N–H and O–H groups in total. The summed E-state index contributed by atoms with van der Waals surface area (Å²) in [6.45, 7) is 4.79. The lowest BCUT2D eigenvalue weighted by Gasteiger charge is -2.17. The molecule has 3 amide bonds. The third-order valence-corrected chi connectivity index (χ3v) is 5.55. The Kier molecular flexibility index (Phi) is 6.31. The van der Waals surface area contributed by atoms with Crippen LogP contribution in [-0.2, 0) is 29.1 Å². The summed E-state index contributed by atoms with van der Waals surface area (Å²) in [7, 11) is 0. The molecule has 1 fully saturated rings. The molecule has 0 saturated carbocycles. The van der Waals surface area contributed by atoms with Gasteiger partial charge in [-0.2, -0.15) is 5.10 Å². The molecule has 164 valence electrons. The molecule has 0 bridgehead atoms. The van der Waals surface area contributed by atoms with Crippen molar-refractivity contribution in [3.05, 3.63) is 46.8 Å². The van der Waals surface area contributed by atoms with Gasteiger partial charge in [-0.1, -0.05) is 6.07 Å². The average molecular weight is 425 g/mol. The number of hydrogen-bond acceptors (Lipinski definition) is 5. The molecular weight excluding hydrogens is 398 g/mol. The van der Waals surface area contributed by atoms with Crippen LogP contribution in [0.2, 0.25) is 0 Å². The lowest BCUT2D eigenvalue weighted by atomic mass is 10.1. The molecule has 1 saturated heterocycles. The number of rotatable bonds is 6. The Morgan fingerprint density at radius 3 is 2.77 bits per heavy atom. The second-order valence-corrected chi connectivity index (χ2v) is 7.82. The molecule has 0 spiro atoms. The Hall–Kier alpha value is -3.20. The number of likely N-dealkylation sites (tertiary alicyclic amines) is 1. The zero-order chi connectivity index (χ0) is 21.8. The molecule has 2 aliphatic heterocycles. The second kappa shape index (κ2) is 9.30. The number of ether oxygens (including phenoxy) is 1. The first-order valence-electron chi connectivity index (χ1n) is 10.6. The summed E-state index contributed by atoms with van der Waals surface area (Å²) in [6, 6.07) is 6.78. The van der Waals surface area contributed by atoms with Gasteiger partial charge < -0.3 is 20.3 Å². The van der Waals surface area contributed by atoms with Crippen LogP contribution in [0.3, 0.4) is 0 Å². The number of fused-ring (bicyclic) bond motifs is 1. The number of amides is 3. The van der Waals surface area contributed by atoms with E-state index in [0.29, 0.717) is 49.7 Å². The van der Waals surface area contributed by atoms with E-state index in [-0.39, 0.29) is 17.7 Å². The Morgan fingerprint density at radius 2 is 2.00 bits per heavy atom. The normalized spacial score (nSPS) is 15.5. The molecule has 1 aromatic carbocycles. The number of benzene rings is 1. The summed E-state index contributed by atoms with van der Waals surface area (Å²) >= 11 is 0. The van der Waals surface area contributed by atoms with Crippen molar-refractivity contribution in [1.29, 1.82) is 0 Å². The summed E-state index contributed by atoms with van der Waals surface area (Å²) in [5.74, 6) is -0.453. The van der Waals surface area contributed by atoms with Gasteiger partial charge in [0.2, 0.25) is 5.91 Å². The highest BCUT2D eigenvalue weighted by Crippen LogP contribution is 2.23. The number of aromatic nitrogens is 2. The van der Waals surface area contributed by atoms with Crippen molar-refractivity contribution >= 4 is 23.4 Å². The molecule has 1 aromatic heterocycles. The first-order valence-corrected chi connectivity index (χ1v) is 10.6. The van der Waals surface area contributed by atoms with Crippen LogP contribution in [0.5, 0.6) is 0 Å². The fraction of sp³-hybridized carbons (Fsp3) is 0.455. The van der Waals surface area contributed by atoms with Gasteiger partial charge in [0, 0.05) is 55.5 Å². The minimum atomic E-state index is -0.232. The molecule has 2 aromatic rings. The van der Waals surface area contributed by atoms with Gasteiger partial charge in [-0.3, -0.25) is 19.1 Å². The zero-order valence-electron chi connectivity index (χ0n) is 17.6. The van der Waals surface area contributed by atoms with E-state index in [1.807, 2.05) is 9.58 Å². The highest BCUT2D eigenvalue weighted by Gasteiger charge is 2.29. The molecule has 0 aliphatic carbocycles. The van der Waals surface area contributed by atoms with E-state index in [4.69, 9.17) is 4.74 Å². The number of anilines is 1. The molecule has 4 rings (SSSR count). The summed E-state index contributed by atoms with van der Waals surface area (Å²) < 4.78 is 7.41. The molecule has 9 heteroatoms. The van der Waals surface area contributed by atoms with Gasteiger partial charge in [0.15, 0.2) is 5.69 Å². The van der Waals surface area contributed by atoms with Crippen LogP contribution in [0, 0.1) is 0 Å². The monoisotopic (exact) mass is 425 g/mol. The lowest BCUT2D eigenvalue weighted by molar-refractivity contribution is -0.114. The van der Waals surface area contributed by atoms with Gasteiger partial charge in [-0.25, -0.2) is 0 Å². The fourth-order valence-corrected chi connectivity index (χ4v) is 4.05. The van der Waals surface area contributed by atoms with Gasteiger partial charge in [0.1, 0.15) is 0 Å². The van der Waals surface area contributed by atoms with E-state index in [2.05, 4.69) is 15.7 Å². The molecule has 0 atom stereocenters. The number of nitrogens with zero attached hydrogens (tertiary/aromatic N) is 3. The van der Waals surface area contributed by atoms with E-state index >= 15 is 0 Å². The van der Waals surface area contributed by atoms with Crippen LogP contribution in [0.25, 0.3) is 0 Å². The summed E-state index contributed by atoms with van der Waals surface area (Å²) in [6.07, 6.45) is 2.75. The first-order chi connectivity index (χ1) is 15.0. The standard InChI is InChI=1S/C22H27N5O4/c1-15(28)24-17-6-4-5-16(13-17)21(29)23-8-11-27-19-7-12-31-14-18(19)20(25-27)22(30)26-9-2-3-10-26/h4-6,13H,2-3,7-12,14H2,1H3,(H,23,29)(H,24,28). The highest BCUT2D eigenvalue weighted by atomic mass is 16.5. The van der Waals surface area contributed by atoms with E-state index < -0.39 is 0 Å².